The van der Waals surface area contributed by atoms with Crippen molar-refractivity contribution in [3.05, 3.63) is 11.0 Å². The molecule has 0 aromatic carbocycles. The molecule has 1 heterocycles. The predicted molar refractivity (Wildman–Crippen MR) is 39.3 cm³/mol. The third-order valence-electron chi connectivity index (χ3n) is 0.982. The van der Waals surface area contributed by atoms with Gasteiger partial charge in [0.05, 0.1) is 11.6 Å². The van der Waals surface area contributed by atoms with Crippen molar-refractivity contribution < 1.29 is 0 Å². The first-order chi connectivity index (χ1) is 3.79. The lowest BCUT2D eigenvalue weighted by atomic mass is 10.4. The van der Waals surface area contributed by atoms with Crippen molar-refractivity contribution >= 4 is 16.8 Å². The van der Waals surface area contributed by atoms with Crippen LogP contribution in [0.25, 0.3) is 0 Å². The summed E-state index contributed by atoms with van der Waals surface area (Å²) in [6, 6.07) is 0. The largest absolute Gasteiger partial charge is 0.278 e. The molecule has 0 aliphatic carbocycles. The Labute approximate surface area is 53.9 Å². The van der Waals surface area contributed by atoms with Crippen LogP contribution in [0.1, 0.15) is 13.8 Å². The second kappa shape index (κ2) is 2.35. The summed E-state index contributed by atoms with van der Waals surface area (Å²) in [6.07, 6.45) is 0. The number of thioether (sulfide) groups is 1. The lowest BCUT2D eigenvalue weighted by Gasteiger charge is -2.03. The van der Waals surface area contributed by atoms with E-state index < -0.39 is 0 Å². The fourth-order valence-electron chi connectivity index (χ4n) is 0.496. The van der Waals surface area contributed by atoms with Gasteiger partial charge in [0.25, 0.3) is 0 Å². The fraction of sp³-hybridized carbons (Fsp3) is 0.500. The van der Waals surface area contributed by atoms with Gasteiger partial charge in [-0.3, -0.25) is 4.99 Å². The maximum absolute atomic E-state index is 4.22. The van der Waals surface area contributed by atoms with Crippen molar-refractivity contribution in [2.45, 2.75) is 13.8 Å². The fourth-order valence-corrected chi connectivity index (χ4v) is 1.08. The van der Waals surface area contributed by atoms with E-state index in [1.807, 2.05) is 6.92 Å². The first kappa shape index (κ1) is 5.89. The molecule has 1 rings (SSSR count). The number of hydrogen-bond donors (Lipinski definition) is 0. The minimum absolute atomic E-state index is 0.902. The van der Waals surface area contributed by atoms with Crippen molar-refractivity contribution in [2.75, 3.05) is 6.54 Å². The van der Waals surface area contributed by atoms with Crippen LogP contribution in [0.4, 0.5) is 0 Å². The van der Waals surface area contributed by atoms with Gasteiger partial charge in [-0.2, -0.15) is 0 Å². The summed E-state index contributed by atoms with van der Waals surface area (Å²) in [6.45, 7) is 5.04. The quantitative estimate of drug-likeness (QED) is 0.485. The maximum Gasteiger partial charge on any atom is 0.0690 e. The molecule has 0 aromatic rings. The molecule has 0 fully saturated rings. The molecule has 0 spiro atoms. The summed E-state index contributed by atoms with van der Waals surface area (Å²) in [5.74, 6) is 0. The molecule has 0 aromatic heterocycles. The smallest absolute Gasteiger partial charge is 0.0690 e. The average Bonchev–Trinajstić information content (AvgIpc) is 1.77. The molecule has 0 atom stereocenters. The maximum atomic E-state index is 4.22. The van der Waals surface area contributed by atoms with Crippen molar-refractivity contribution in [2.24, 2.45) is 4.99 Å². The Morgan fingerprint density at radius 3 is 2.75 bits per heavy atom. The molecule has 0 radical (unpaired) electrons. The van der Waals surface area contributed by atoms with Crippen LogP contribution in [0.3, 0.4) is 0 Å². The summed E-state index contributed by atoms with van der Waals surface area (Å²) in [7, 11) is 0. The van der Waals surface area contributed by atoms with Crippen LogP contribution < -0.4 is 0 Å². The first-order valence-corrected chi connectivity index (χ1v) is 3.50. The Kier molecular flexibility index (Phi) is 1.73. The highest BCUT2D eigenvalue weighted by atomic mass is 32.2. The summed E-state index contributed by atoms with van der Waals surface area (Å²) < 4.78 is 0. The number of aliphatic imine (C=N–C) groups is 1. The van der Waals surface area contributed by atoms with E-state index in [9.17, 15) is 0 Å². The number of hydrogen-bond acceptors (Lipinski definition) is 2. The van der Waals surface area contributed by atoms with Crippen molar-refractivity contribution in [1.29, 1.82) is 0 Å². The SMILES string of the molecule is CC1=CSC(C)=NC1. The molecule has 2 heteroatoms. The van der Waals surface area contributed by atoms with E-state index in [0.29, 0.717) is 0 Å². The lowest BCUT2D eigenvalue weighted by molar-refractivity contribution is 1.14. The van der Waals surface area contributed by atoms with Crippen LogP contribution in [0.5, 0.6) is 0 Å². The zero-order valence-electron chi connectivity index (χ0n) is 5.14. The monoisotopic (exact) mass is 127 g/mol. The highest BCUT2D eigenvalue weighted by molar-refractivity contribution is 8.16. The van der Waals surface area contributed by atoms with Crippen molar-refractivity contribution in [3.8, 4) is 0 Å². The highest BCUT2D eigenvalue weighted by Gasteiger charge is 1.96. The van der Waals surface area contributed by atoms with Crippen LogP contribution >= 0.6 is 11.8 Å². The van der Waals surface area contributed by atoms with E-state index in [1.54, 1.807) is 11.8 Å². The normalized spacial score (nSPS) is 19.8. The van der Waals surface area contributed by atoms with Gasteiger partial charge in [-0.25, -0.2) is 0 Å². The summed E-state index contributed by atoms with van der Waals surface area (Å²) in [5, 5.41) is 3.33. The van der Waals surface area contributed by atoms with E-state index in [-0.39, 0.29) is 0 Å². The van der Waals surface area contributed by atoms with Gasteiger partial charge in [0.2, 0.25) is 0 Å². The standard InChI is InChI=1S/C6H9NS/c1-5-3-7-6(2)8-4-5/h4H,3H2,1-2H3. The lowest BCUT2D eigenvalue weighted by Crippen LogP contribution is -1.93. The highest BCUT2D eigenvalue weighted by Crippen LogP contribution is 2.14. The molecule has 0 unspecified atom stereocenters. The second-order valence-corrected chi connectivity index (χ2v) is 2.98. The molecular weight excluding hydrogens is 118 g/mol. The Morgan fingerprint density at radius 1 is 1.62 bits per heavy atom. The molecule has 0 saturated carbocycles. The van der Waals surface area contributed by atoms with E-state index >= 15 is 0 Å². The molecule has 1 nitrogen and oxygen atoms in total. The molecule has 0 N–H and O–H groups in total. The van der Waals surface area contributed by atoms with Crippen molar-refractivity contribution in [1.82, 2.24) is 0 Å². The van der Waals surface area contributed by atoms with Gasteiger partial charge < -0.3 is 0 Å². The van der Waals surface area contributed by atoms with E-state index in [2.05, 4.69) is 17.3 Å². The van der Waals surface area contributed by atoms with Gasteiger partial charge in [0.1, 0.15) is 0 Å². The second-order valence-electron chi connectivity index (χ2n) is 1.92. The Balaban J connectivity index is 2.54. The van der Waals surface area contributed by atoms with Crippen LogP contribution in [-0.4, -0.2) is 11.6 Å². The predicted octanol–water partition coefficient (Wildman–Crippen LogP) is 2.06. The zero-order valence-corrected chi connectivity index (χ0v) is 5.96. The van der Waals surface area contributed by atoms with Crippen LogP contribution in [0, 0.1) is 0 Å². The van der Waals surface area contributed by atoms with Gasteiger partial charge in [0.15, 0.2) is 0 Å². The van der Waals surface area contributed by atoms with Gasteiger partial charge >= 0.3 is 0 Å². The van der Waals surface area contributed by atoms with E-state index in [1.165, 1.54) is 10.6 Å². The third-order valence-corrected chi connectivity index (χ3v) is 1.97. The van der Waals surface area contributed by atoms with E-state index in [0.717, 1.165) is 6.54 Å². The van der Waals surface area contributed by atoms with Gasteiger partial charge in [0, 0.05) is 0 Å². The molecule has 1 aliphatic heterocycles. The molecule has 0 amide bonds. The average molecular weight is 127 g/mol. The molecule has 0 saturated heterocycles. The molecule has 1 aliphatic rings. The Morgan fingerprint density at radius 2 is 2.38 bits per heavy atom. The minimum atomic E-state index is 0.902. The van der Waals surface area contributed by atoms with Gasteiger partial charge in [-0.05, 0) is 24.8 Å². The van der Waals surface area contributed by atoms with Crippen molar-refractivity contribution in [3.63, 3.8) is 0 Å². The van der Waals surface area contributed by atoms with Crippen LogP contribution in [0.2, 0.25) is 0 Å². The Bertz CT molecular complexity index is 129. The third kappa shape index (κ3) is 1.37. The number of rotatable bonds is 0. The van der Waals surface area contributed by atoms with Gasteiger partial charge in [-0.15, -0.1) is 0 Å². The number of nitrogens with zero attached hydrogens (tertiary/aromatic N) is 1. The Hall–Kier alpha value is -0.240. The van der Waals surface area contributed by atoms with Crippen LogP contribution in [0.15, 0.2) is 16.0 Å². The first-order valence-electron chi connectivity index (χ1n) is 2.62. The molecule has 0 bridgehead atoms. The molecule has 44 valence electrons. The summed E-state index contributed by atoms with van der Waals surface area (Å²) >= 11 is 1.71. The van der Waals surface area contributed by atoms with E-state index in [4.69, 9.17) is 0 Å². The zero-order chi connectivity index (χ0) is 5.98. The summed E-state index contributed by atoms with van der Waals surface area (Å²) in [5.41, 5.74) is 1.36. The minimum Gasteiger partial charge on any atom is -0.278 e. The van der Waals surface area contributed by atoms with Gasteiger partial charge in [-0.1, -0.05) is 11.8 Å². The summed E-state index contributed by atoms with van der Waals surface area (Å²) in [4.78, 5) is 4.22. The van der Waals surface area contributed by atoms with Crippen LogP contribution in [-0.2, 0) is 0 Å². The molecule has 8 heavy (non-hydrogen) atoms. The molecular formula is C6H9NS. The topological polar surface area (TPSA) is 12.4 Å².